The Bertz CT molecular complexity index is 381. The first-order chi connectivity index (χ1) is 9.81. The van der Waals surface area contributed by atoms with Crippen molar-refractivity contribution in [2.45, 2.75) is 44.6 Å². The third-order valence-electron chi connectivity index (χ3n) is 4.23. The molecule has 1 aliphatic carbocycles. The Morgan fingerprint density at radius 3 is 2.50 bits per heavy atom. The summed E-state index contributed by atoms with van der Waals surface area (Å²) in [4.78, 5) is 10.8. The van der Waals surface area contributed by atoms with E-state index in [0.29, 0.717) is 5.56 Å². The number of hydrogen-bond donors (Lipinski definition) is 3. The van der Waals surface area contributed by atoms with Crippen molar-refractivity contribution in [2.75, 3.05) is 6.54 Å². The van der Waals surface area contributed by atoms with Gasteiger partial charge in [0.1, 0.15) is 0 Å². The molecule has 0 radical (unpaired) electrons. The summed E-state index contributed by atoms with van der Waals surface area (Å²) in [7, 11) is 0. The highest BCUT2D eigenvalue weighted by molar-refractivity contribution is 5.93. The van der Waals surface area contributed by atoms with Crippen molar-refractivity contribution in [2.24, 2.45) is 11.8 Å². The van der Waals surface area contributed by atoms with E-state index in [1.165, 1.54) is 45.1 Å². The molecule has 1 saturated carbocycles. The smallest absolute Gasteiger partial charge is 0.265 e. The fraction of sp³-hybridized carbons (Fsp3) is 0.562. The second-order valence-electron chi connectivity index (χ2n) is 5.59. The van der Waals surface area contributed by atoms with E-state index in [1.807, 2.05) is 11.5 Å². The predicted molar refractivity (Wildman–Crippen MR) is 81.1 cm³/mol. The van der Waals surface area contributed by atoms with Gasteiger partial charge in [0.25, 0.3) is 5.91 Å². The molecule has 0 bridgehead atoms. The molecule has 4 nitrogen and oxygen atoms in total. The number of nitrogens with two attached hydrogens (primary N) is 1. The number of nitrogen functional groups attached to an aromatic ring is 1. The van der Waals surface area contributed by atoms with E-state index in [-0.39, 0.29) is 5.91 Å². The zero-order valence-electron chi connectivity index (χ0n) is 12.0. The zero-order chi connectivity index (χ0) is 14.2. The van der Waals surface area contributed by atoms with Crippen LogP contribution >= 0.6 is 0 Å². The number of piperidine rings is 1. The third-order valence-corrected chi connectivity index (χ3v) is 4.23. The molecular formula is C16H25N3O. The molecular weight excluding hydrogens is 250 g/mol. The van der Waals surface area contributed by atoms with E-state index in [1.54, 1.807) is 24.3 Å². The first kappa shape index (κ1) is 15.0. The van der Waals surface area contributed by atoms with Crippen LogP contribution in [0.15, 0.2) is 30.3 Å². The molecule has 20 heavy (non-hydrogen) atoms. The van der Waals surface area contributed by atoms with E-state index in [0.717, 1.165) is 12.0 Å². The Hall–Kier alpha value is -1.39. The summed E-state index contributed by atoms with van der Waals surface area (Å²) in [6.45, 7) is 1.28. The third kappa shape index (κ3) is 4.32. The molecule has 1 aromatic rings. The van der Waals surface area contributed by atoms with Gasteiger partial charge in [-0.25, -0.2) is 5.84 Å². The molecule has 1 amide bonds. The monoisotopic (exact) mass is 275 g/mol. The van der Waals surface area contributed by atoms with Crippen molar-refractivity contribution >= 4 is 5.91 Å². The summed E-state index contributed by atoms with van der Waals surface area (Å²) in [6, 6.07) is 9.70. The van der Waals surface area contributed by atoms with E-state index in [2.05, 4.69) is 5.32 Å². The molecule has 2 fully saturated rings. The summed E-state index contributed by atoms with van der Waals surface area (Å²) in [5.74, 6) is 5.69. The highest BCUT2D eigenvalue weighted by atomic mass is 16.2. The number of fused-ring (bicyclic) bond motifs is 1. The average Bonchev–Trinajstić information content (AvgIpc) is 2.55. The van der Waals surface area contributed by atoms with Gasteiger partial charge >= 0.3 is 0 Å². The van der Waals surface area contributed by atoms with E-state index >= 15 is 0 Å². The quantitative estimate of drug-likeness (QED) is 0.418. The molecule has 3 rings (SSSR count). The van der Waals surface area contributed by atoms with Gasteiger partial charge < -0.3 is 5.32 Å². The Morgan fingerprint density at radius 1 is 1.10 bits per heavy atom. The lowest BCUT2D eigenvalue weighted by atomic mass is 9.80. The number of carbonyl (C=O) groups excluding carboxylic acids is 1. The molecule has 1 aliphatic heterocycles. The lowest BCUT2D eigenvalue weighted by molar-refractivity contribution is 0.0953. The van der Waals surface area contributed by atoms with Crippen LogP contribution < -0.4 is 16.6 Å². The summed E-state index contributed by atoms with van der Waals surface area (Å²) >= 11 is 0. The minimum absolute atomic E-state index is 0.263. The Balaban J connectivity index is 0.000000147. The van der Waals surface area contributed by atoms with Crippen LogP contribution in [0.25, 0.3) is 0 Å². The van der Waals surface area contributed by atoms with Crippen LogP contribution in [0.4, 0.5) is 0 Å². The van der Waals surface area contributed by atoms with Gasteiger partial charge in [-0.3, -0.25) is 10.2 Å². The maximum absolute atomic E-state index is 10.8. The lowest BCUT2D eigenvalue weighted by Gasteiger charge is -2.36. The van der Waals surface area contributed by atoms with Crippen LogP contribution in [-0.4, -0.2) is 18.5 Å². The average molecular weight is 275 g/mol. The van der Waals surface area contributed by atoms with Crippen LogP contribution in [0.5, 0.6) is 0 Å². The fourth-order valence-corrected chi connectivity index (χ4v) is 3.15. The first-order valence-corrected chi connectivity index (χ1v) is 7.60. The van der Waals surface area contributed by atoms with Crippen molar-refractivity contribution in [3.05, 3.63) is 35.9 Å². The molecule has 4 N–H and O–H groups in total. The second-order valence-corrected chi connectivity index (χ2v) is 5.59. The summed E-state index contributed by atoms with van der Waals surface area (Å²) < 4.78 is 0. The summed E-state index contributed by atoms with van der Waals surface area (Å²) in [5, 5.41) is 3.62. The summed E-state index contributed by atoms with van der Waals surface area (Å²) in [5.41, 5.74) is 2.62. The van der Waals surface area contributed by atoms with Crippen molar-refractivity contribution in [3.8, 4) is 0 Å². The van der Waals surface area contributed by atoms with Gasteiger partial charge in [-0.15, -0.1) is 0 Å². The van der Waals surface area contributed by atoms with Crippen molar-refractivity contribution < 1.29 is 4.79 Å². The molecule has 2 atom stereocenters. The van der Waals surface area contributed by atoms with E-state index in [4.69, 9.17) is 5.84 Å². The maximum Gasteiger partial charge on any atom is 0.265 e. The van der Waals surface area contributed by atoms with Crippen LogP contribution in [0.2, 0.25) is 0 Å². The van der Waals surface area contributed by atoms with Gasteiger partial charge in [-0.05, 0) is 50.3 Å². The Labute approximate surface area is 121 Å². The molecule has 1 aromatic carbocycles. The largest absolute Gasteiger partial charge is 0.314 e. The minimum Gasteiger partial charge on any atom is -0.314 e. The Kier molecular flexibility index (Phi) is 6.02. The van der Waals surface area contributed by atoms with Crippen LogP contribution in [0.3, 0.4) is 0 Å². The number of benzene rings is 1. The molecule has 2 unspecified atom stereocenters. The molecule has 110 valence electrons. The zero-order valence-corrected chi connectivity index (χ0v) is 12.0. The van der Waals surface area contributed by atoms with Gasteiger partial charge in [-0.1, -0.05) is 31.0 Å². The summed E-state index contributed by atoms with van der Waals surface area (Å²) in [6.07, 6.45) is 8.82. The van der Waals surface area contributed by atoms with Gasteiger partial charge in [-0.2, -0.15) is 0 Å². The van der Waals surface area contributed by atoms with Crippen molar-refractivity contribution in [1.29, 1.82) is 0 Å². The number of amides is 1. The van der Waals surface area contributed by atoms with E-state index in [9.17, 15) is 4.79 Å². The van der Waals surface area contributed by atoms with Crippen molar-refractivity contribution in [3.63, 3.8) is 0 Å². The van der Waals surface area contributed by atoms with Crippen LogP contribution in [-0.2, 0) is 0 Å². The molecule has 1 saturated heterocycles. The SMILES string of the molecule is C1CCC2NCCCC2C1.NNC(=O)c1ccccc1. The number of hydrogen-bond acceptors (Lipinski definition) is 3. The molecule has 0 spiro atoms. The Morgan fingerprint density at radius 2 is 1.80 bits per heavy atom. The van der Waals surface area contributed by atoms with Crippen molar-refractivity contribution in [1.82, 2.24) is 10.7 Å². The van der Waals surface area contributed by atoms with Gasteiger partial charge in [0.2, 0.25) is 0 Å². The maximum atomic E-state index is 10.8. The molecule has 2 aliphatic rings. The fourth-order valence-electron chi connectivity index (χ4n) is 3.15. The normalized spacial score (nSPS) is 24.9. The van der Waals surface area contributed by atoms with Crippen LogP contribution in [0.1, 0.15) is 48.9 Å². The standard InChI is InChI=1S/C9H17N.C7H8N2O/c1-2-6-9-8(4-1)5-3-7-10-9;8-9-7(10)6-4-2-1-3-5-6/h8-10H,1-7H2;1-5H,8H2,(H,9,10). The first-order valence-electron chi connectivity index (χ1n) is 7.60. The predicted octanol–water partition coefficient (Wildman–Crippen LogP) is 2.22. The highest BCUT2D eigenvalue weighted by Crippen LogP contribution is 2.30. The topological polar surface area (TPSA) is 67.2 Å². The van der Waals surface area contributed by atoms with Gasteiger partial charge in [0.15, 0.2) is 0 Å². The number of hydrazine groups is 1. The molecule has 0 aromatic heterocycles. The van der Waals surface area contributed by atoms with E-state index < -0.39 is 0 Å². The second kappa shape index (κ2) is 8.02. The van der Waals surface area contributed by atoms with Crippen LogP contribution in [0, 0.1) is 5.92 Å². The highest BCUT2D eigenvalue weighted by Gasteiger charge is 2.26. The number of rotatable bonds is 1. The van der Waals surface area contributed by atoms with Gasteiger partial charge in [0, 0.05) is 11.6 Å². The lowest BCUT2D eigenvalue weighted by Crippen LogP contribution is -2.42. The number of nitrogens with one attached hydrogen (secondary N) is 2. The minimum atomic E-state index is -0.263. The molecule has 1 heterocycles. The molecule has 4 heteroatoms. The van der Waals surface area contributed by atoms with Gasteiger partial charge in [0.05, 0.1) is 0 Å². The number of carbonyl (C=O) groups is 1.